The van der Waals surface area contributed by atoms with E-state index in [4.69, 9.17) is 4.42 Å². The molecule has 0 radical (unpaired) electrons. The molecule has 1 atom stereocenters. The molecule has 0 spiro atoms. The first kappa shape index (κ1) is 17.0. The van der Waals surface area contributed by atoms with E-state index in [0.717, 1.165) is 22.1 Å². The van der Waals surface area contributed by atoms with Gasteiger partial charge in [-0.15, -0.1) is 0 Å². The lowest BCUT2D eigenvalue weighted by molar-refractivity contribution is -0.116. The summed E-state index contributed by atoms with van der Waals surface area (Å²) in [7, 11) is 3.93. The minimum absolute atomic E-state index is 0.00454. The van der Waals surface area contributed by atoms with Crippen molar-refractivity contribution in [2.45, 2.75) is 6.04 Å². The quantitative estimate of drug-likeness (QED) is 0.696. The minimum atomic E-state index is -0.119. The Morgan fingerprint density at radius 2 is 1.92 bits per heavy atom. The van der Waals surface area contributed by atoms with Gasteiger partial charge in [0.1, 0.15) is 5.76 Å². The molecule has 0 saturated carbocycles. The molecule has 1 N–H and O–H groups in total. The third-order valence-corrected chi connectivity index (χ3v) is 4.20. The van der Waals surface area contributed by atoms with Gasteiger partial charge in [-0.1, -0.05) is 42.5 Å². The highest BCUT2D eigenvalue weighted by Gasteiger charge is 2.17. The lowest BCUT2D eigenvalue weighted by Gasteiger charge is -2.22. The number of amides is 1. The van der Waals surface area contributed by atoms with Gasteiger partial charge in [0.2, 0.25) is 5.91 Å². The molecular weight excluding hydrogens is 312 g/mol. The number of furan rings is 1. The van der Waals surface area contributed by atoms with Crippen molar-refractivity contribution in [2.75, 3.05) is 20.6 Å². The van der Waals surface area contributed by atoms with Crippen molar-refractivity contribution in [3.63, 3.8) is 0 Å². The number of fused-ring (bicyclic) bond motifs is 1. The molecule has 0 fully saturated rings. The van der Waals surface area contributed by atoms with Gasteiger partial charge >= 0.3 is 0 Å². The zero-order chi connectivity index (χ0) is 17.6. The van der Waals surface area contributed by atoms with Crippen LogP contribution in [-0.2, 0) is 4.79 Å². The highest BCUT2D eigenvalue weighted by Crippen LogP contribution is 2.20. The van der Waals surface area contributed by atoms with Crippen LogP contribution in [0.1, 0.15) is 17.4 Å². The fourth-order valence-electron chi connectivity index (χ4n) is 2.84. The second kappa shape index (κ2) is 7.81. The second-order valence-electron chi connectivity index (χ2n) is 6.14. The molecule has 25 heavy (non-hydrogen) atoms. The zero-order valence-corrected chi connectivity index (χ0v) is 14.5. The number of benzene rings is 2. The second-order valence-corrected chi connectivity index (χ2v) is 6.14. The summed E-state index contributed by atoms with van der Waals surface area (Å²) in [6.07, 6.45) is 5.08. The molecule has 1 aromatic heterocycles. The number of nitrogens with one attached hydrogen (secondary N) is 1. The van der Waals surface area contributed by atoms with E-state index in [1.807, 2.05) is 61.5 Å². The molecule has 0 saturated heterocycles. The lowest BCUT2D eigenvalue weighted by Crippen LogP contribution is -2.33. The fourth-order valence-corrected chi connectivity index (χ4v) is 2.84. The largest absolute Gasteiger partial charge is 0.468 e. The van der Waals surface area contributed by atoms with Crippen LogP contribution in [0.3, 0.4) is 0 Å². The smallest absolute Gasteiger partial charge is 0.244 e. The van der Waals surface area contributed by atoms with Crippen molar-refractivity contribution in [1.82, 2.24) is 10.2 Å². The van der Waals surface area contributed by atoms with Crippen LogP contribution in [0, 0.1) is 0 Å². The first-order chi connectivity index (χ1) is 12.1. The summed E-state index contributed by atoms with van der Waals surface area (Å²) in [6.45, 7) is 0.485. The Labute approximate surface area is 147 Å². The highest BCUT2D eigenvalue weighted by atomic mass is 16.3. The van der Waals surface area contributed by atoms with Gasteiger partial charge in [0, 0.05) is 12.6 Å². The first-order valence-corrected chi connectivity index (χ1v) is 8.28. The van der Waals surface area contributed by atoms with Crippen LogP contribution in [0.15, 0.2) is 71.4 Å². The van der Waals surface area contributed by atoms with E-state index < -0.39 is 0 Å². The molecule has 128 valence electrons. The zero-order valence-electron chi connectivity index (χ0n) is 14.5. The van der Waals surface area contributed by atoms with Crippen molar-refractivity contribution in [3.8, 4) is 0 Å². The molecule has 4 nitrogen and oxygen atoms in total. The maximum atomic E-state index is 12.2. The molecule has 3 aromatic rings. The van der Waals surface area contributed by atoms with E-state index in [2.05, 4.69) is 23.5 Å². The van der Waals surface area contributed by atoms with E-state index >= 15 is 0 Å². The lowest BCUT2D eigenvalue weighted by atomic mass is 10.0. The Morgan fingerprint density at radius 1 is 1.12 bits per heavy atom. The number of hydrogen-bond acceptors (Lipinski definition) is 3. The number of hydrogen-bond donors (Lipinski definition) is 1. The van der Waals surface area contributed by atoms with Crippen LogP contribution >= 0.6 is 0 Å². The number of carbonyl (C=O) groups is 1. The van der Waals surface area contributed by atoms with Gasteiger partial charge in [-0.2, -0.15) is 0 Å². The van der Waals surface area contributed by atoms with E-state index in [1.54, 1.807) is 12.3 Å². The molecule has 1 unspecified atom stereocenters. The third kappa shape index (κ3) is 4.17. The summed E-state index contributed by atoms with van der Waals surface area (Å²) in [5.74, 6) is 0.717. The molecule has 0 aliphatic rings. The van der Waals surface area contributed by atoms with Crippen LogP contribution in [0.4, 0.5) is 0 Å². The molecule has 3 rings (SSSR count). The van der Waals surface area contributed by atoms with E-state index in [-0.39, 0.29) is 11.9 Å². The standard InChI is InChI=1S/C21H22N2O2/c1-23(2)19(20-11-6-14-25-20)15-22-21(24)13-12-17-9-5-8-16-7-3-4-10-18(16)17/h3-14,19H,15H2,1-2H3,(H,22,24)/b13-12+. The number of rotatable bonds is 6. The van der Waals surface area contributed by atoms with E-state index in [0.29, 0.717) is 6.54 Å². The van der Waals surface area contributed by atoms with E-state index in [9.17, 15) is 4.79 Å². The van der Waals surface area contributed by atoms with Gasteiger partial charge in [0.25, 0.3) is 0 Å². The SMILES string of the molecule is CN(C)C(CNC(=O)/C=C/c1cccc2ccccc12)c1ccco1. The summed E-state index contributed by atoms with van der Waals surface area (Å²) in [4.78, 5) is 14.2. The van der Waals surface area contributed by atoms with Gasteiger partial charge in [0.15, 0.2) is 0 Å². The molecule has 0 aliphatic carbocycles. The summed E-state index contributed by atoms with van der Waals surface area (Å²) in [6, 6.07) is 18.0. The van der Waals surface area contributed by atoms with Crippen LogP contribution in [0.25, 0.3) is 16.8 Å². The topological polar surface area (TPSA) is 45.5 Å². The maximum absolute atomic E-state index is 12.2. The van der Waals surface area contributed by atoms with Gasteiger partial charge in [0.05, 0.1) is 12.3 Å². The first-order valence-electron chi connectivity index (χ1n) is 8.28. The Morgan fingerprint density at radius 3 is 2.68 bits per heavy atom. The summed E-state index contributed by atoms with van der Waals surface area (Å²) in [5, 5.41) is 5.24. The Hall–Kier alpha value is -2.85. The molecule has 0 bridgehead atoms. The van der Waals surface area contributed by atoms with Gasteiger partial charge < -0.3 is 9.73 Å². The third-order valence-electron chi connectivity index (χ3n) is 4.20. The average molecular weight is 334 g/mol. The summed E-state index contributed by atoms with van der Waals surface area (Å²) in [5.41, 5.74) is 1.03. The van der Waals surface area contributed by atoms with Crippen LogP contribution in [0.2, 0.25) is 0 Å². The molecule has 1 amide bonds. The molecule has 2 aromatic carbocycles. The average Bonchev–Trinajstić information content (AvgIpc) is 3.14. The van der Waals surface area contributed by atoms with Gasteiger partial charge in [-0.3, -0.25) is 9.69 Å². The Balaban J connectivity index is 1.66. The molecule has 4 heteroatoms. The molecule has 1 heterocycles. The fraction of sp³-hybridized carbons (Fsp3) is 0.190. The van der Waals surface area contributed by atoms with Crippen LogP contribution < -0.4 is 5.32 Å². The maximum Gasteiger partial charge on any atom is 0.244 e. The van der Waals surface area contributed by atoms with Crippen molar-refractivity contribution in [3.05, 3.63) is 78.3 Å². The predicted molar refractivity (Wildman–Crippen MR) is 101 cm³/mol. The summed E-state index contributed by atoms with van der Waals surface area (Å²) < 4.78 is 5.46. The normalized spacial score (nSPS) is 12.8. The number of carbonyl (C=O) groups excluding carboxylic acids is 1. The van der Waals surface area contributed by atoms with Crippen molar-refractivity contribution >= 4 is 22.8 Å². The number of nitrogens with zero attached hydrogens (tertiary/aromatic N) is 1. The van der Waals surface area contributed by atoms with Crippen LogP contribution in [-0.4, -0.2) is 31.4 Å². The van der Waals surface area contributed by atoms with E-state index in [1.165, 1.54) is 0 Å². The minimum Gasteiger partial charge on any atom is -0.468 e. The number of likely N-dealkylation sites (N-methyl/N-ethyl adjacent to an activating group) is 1. The Bertz CT molecular complexity index is 861. The van der Waals surface area contributed by atoms with Crippen molar-refractivity contribution in [2.24, 2.45) is 0 Å². The monoisotopic (exact) mass is 334 g/mol. The van der Waals surface area contributed by atoms with Gasteiger partial charge in [-0.05, 0) is 48.6 Å². The summed E-state index contributed by atoms with van der Waals surface area (Å²) >= 11 is 0. The van der Waals surface area contributed by atoms with Gasteiger partial charge in [-0.25, -0.2) is 0 Å². The van der Waals surface area contributed by atoms with Crippen molar-refractivity contribution in [1.29, 1.82) is 0 Å². The van der Waals surface area contributed by atoms with Crippen LogP contribution in [0.5, 0.6) is 0 Å². The molecule has 0 aliphatic heterocycles. The van der Waals surface area contributed by atoms with Crippen molar-refractivity contribution < 1.29 is 9.21 Å². The predicted octanol–water partition coefficient (Wildman–Crippen LogP) is 3.87. The Kier molecular flexibility index (Phi) is 5.31. The molecular formula is C21H22N2O2. The highest BCUT2D eigenvalue weighted by molar-refractivity contribution is 5.96.